The summed E-state index contributed by atoms with van der Waals surface area (Å²) in [6, 6.07) is 9.70. The van der Waals surface area contributed by atoms with E-state index in [1.165, 1.54) is 3.57 Å². The molecule has 0 amide bonds. The maximum absolute atomic E-state index is 5.15. The number of hydrogen-bond donors (Lipinski definition) is 0. The summed E-state index contributed by atoms with van der Waals surface area (Å²) in [7, 11) is 1.56. The molecule has 0 aliphatic carbocycles. The van der Waals surface area contributed by atoms with Crippen LogP contribution in [0.4, 0.5) is 0 Å². The van der Waals surface area contributed by atoms with E-state index in [4.69, 9.17) is 14.0 Å². The molecule has 2 aromatic rings. The molecular formula is C11H10INO3. The lowest BCUT2D eigenvalue weighted by Crippen LogP contribution is -1.98. The van der Waals surface area contributed by atoms with E-state index >= 15 is 0 Å². The van der Waals surface area contributed by atoms with Gasteiger partial charge in [0.2, 0.25) is 0 Å². The first-order chi connectivity index (χ1) is 7.79. The van der Waals surface area contributed by atoms with Crippen molar-refractivity contribution in [3.8, 4) is 17.2 Å². The Hall–Kier alpha value is -1.08. The highest BCUT2D eigenvalue weighted by Crippen LogP contribution is 2.24. The van der Waals surface area contributed by atoms with Crippen molar-refractivity contribution < 1.29 is 14.0 Å². The molecule has 2 rings (SSSR count). The van der Waals surface area contributed by atoms with Crippen molar-refractivity contribution in [2.75, 3.05) is 13.9 Å². The molecule has 1 heterocycles. The van der Waals surface area contributed by atoms with Crippen molar-refractivity contribution in [1.29, 1.82) is 0 Å². The summed E-state index contributed by atoms with van der Waals surface area (Å²) in [5.74, 6) is 1.11. The fourth-order valence-corrected chi connectivity index (χ4v) is 1.56. The predicted octanol–water partition coefficient (Wildman–Crippen LogP) is 2.93. The summed E-state index contributed by atoms with van der Waals surface area (Å²) in [6.07, 6.45) is 0. The molecule has 0 atom stereocenters. The second-order valence-corrected chi connectivity index (χ2v) is 4.33. The molecule has 0 radical (unpaired) electrons. The van der Waals surface area contributed by atoms with Crippen molar-refractivity contribution in [2.45, 2.75) is 0 Å². The van der Waals surface area contributed by atoms with E-state index in [1.807, 2.05) is 24.3 Å². The minimum absolute atomic E-state index is 0.165. The normalized spacial score (nSPS) is 10.4. The highest BCUT2D eigenvalue weighted by molar-refractivity contribution is 14.1. The number of rotatable bonds is 4. The van der Waals surface area contributed by atoms with Crippen LogP contribution in [-0.2, 0) is 4.74 Å². The molecule has 0 unspecified atom stereocenters. The number of ether oxygens (including phenoxy) is 2. The molecule has 4 nitrogen and oxygen atoms in total. The van der Waals surface area contributed by atoms with Gasteiger partial charge in [-0.15, -0.1) is 0 Å². The van der Waals surface area contributed by atoms with Gasteiger partial charge in [-0.3, -0.25) is 0 Å². The van der Waals surface area contributed by atoms with Gasteiger partial charge in [-0.2, -0.15) is 0 Å². The second-order valence-electron chi connectivity index (χ2n) is 3.09. The van der Waals surface area contributed by atoms with Crippen LogP contribution in [0, 0.1) is 3.57 Å². The summed E-state index contributed by atoms with van der Waals surface area (Å²) in [5, 5.41) is 3.77. The summed E-state index contributed by atoms with van der Waals surface area (Å²) >= 11 is 2.25. The molecule has 0 spiro atoms. The number of nitrogens with zero attached hydrogens (tertiary/aromatic N) is 1. The van der Waals surface area contributed by atoms with Crippen LogP contribution >= 0.6 is 22.6 Å². The Morgan fingerprint density at radius 2 is 2.06 bits per heavy atom. The summed E-state index contributed by atoms with van der Waals surface area (Å²) in [6.45, 7) is 0.165. The molecule has 0 saturated heterocycles. The van der Waals surface area contributed by atoms with Gasteiger partial charge in [0.05, 0.1) is 0 Å². The molecule has 84 valence electrons. The zero-order chi connectivity index (χ0) is 11.4. The first-order valence-electron chi connectivity index (χ1n) is 4.64. The van der Waals surface area contributed by atoms with E-state index in [2.05, 4.69) is 27.7 Å². The van der Waals surface area contributed by atoms with Gasteiger partial charge in [-0.25, -0.2) is 0 Å². The third kappa shape index (κ3) is 2.73. The van der Waals surface area contributed by atoms with E-state index in [-0.39, 0.29) is 6.79 Å². The largest absolute Gasteiger partial charge is 0.448 e. The molecule has 1 aromatic heterocycles. The zero-order valence-corrected chi connectivity index (χ0v) is 10.8. The molecule has 0 N–H and O–H groups in total. The molecule has 0 fully saturated rings. The lowest BCUT2D eigenvalue weighted by molar-refractivity contribution is 0.0453. The fraction of sp³-hybridized carbons (Fsp3) is 0.182. The van der Waals surface area contributed by atoms with Gasteiger partial charge in [0, 0.05) is 22.3 Å². The summed E-state index contributed by atoms with van der Waals surface area (Å²) < 4.78 is 16.3. The van der Waals surface area contributed by atoms with Crippen LogP contribution in [-0.4, -0.2) is 19.1 Å². The fourth-order valence-electron chi connectivity index (χ4n) is 1.20. The van der Waals surface area contributed by atoms with Crippen LogP contribution in [0.5, 0.6) is 5.88 Å². The molecule has 0 aliphatic rings. The summed E-state index contributed by atoms with van der Waals surface area (Å²) in [4.78, 5) is 0. The second kappa shape index (κ2) is 5.31. The van der Waals surface area contributed by atoms with Gasteiger partial charge in [0.1, 0.15) is 0 Å². The van der Waals surface area contributed by atoms with Gasteiger partial charge in [0.15, 0.2) is 12.6 Å². The highest BCUT2D eigenvalue weighted by Gasteiger charge is 2.06. The lowest BCUT2D eigenvalue weighted by Gasteiger charge is -1.96. The van der Waals surface area contributed by atoms with Crippen LogP contribution in [0.2, 0.25) is 0 Å². The first kappa shape index (κ1) is 11.4. The topological polar surface area (TPSA) is 44.5 Å². The predicted molar refractivity (Wildman–Crippen MR) is 67.2 cm³/mol. The Balaban J connectivity index is 2.15. The van der Waals surface area contributed by atoms with Gasteiger partial charge in [-0.05, 0) is 39.9 Å². The maximum atomic E-state index is 5.15. The zero-order valence-electron chi connectivity index (χ0n) is 8.64. The third-order valence-corrected chi connectivity index (χ3v) is 2.66. The Kier molecular flexibility index (Phi) is 3.79. The third-order valence-electron chi connectivity index (χ3n) is 1.94. The smallest absolute Gasteiger partial charge is 0.256 e. The van der Waals surface area contributed by atoms with E-state index in [0.717, 1.165) is 5.56 Å². The molecule has 0 aliphatic heterocycles. The number of halogens is 1. The quantitative estimate of drug-likeness (QED) is 0.638. The Morgan fingerprint density at radius 1 is 1.31 bits per heavy atom. The molecule has 5 heteroatoms. The molecular weight excluding hydrogens is 321 g/mol. The molecule has 0 bridgehead atoms. The van der Waals surface area contributed by atoms with Gasteiger partial charge >= 0.3 is 0 Å². The van der Waals surface area contributed by atoms with Crippen LogP contribution in [0.15, 0.2) is 34.9 Å². The Bertz CT molecular complexity index is 453. The average Bonchev–Trinajstić information content (AvgIpc) is 2.76. The number of aromatic nitrogens is 1. The molecule has 16 heavy (non-hydrogen) atoms. The van der Waals surface area contributed by atoms with Crippen LogP contribution in [0.1, 0.15) is 0 Å². The molecule has 0 saturated carbocycles. The van der Waals surface area contributed by atoms with Crippen molar-refractivity contribution in [3.05, 3.63) is 33.9 Å². The number of methoxy groups -OCH3 is 1. The van der Waals surface area contributed by atoms with Crippen LogP contribution in [0.3, 0.4) is 0 Å². The standard InChI is InChI=1S/C11H10INO3/c1-14-7-15-11-6-10(16-13-11)8-2-4-9(12)5-3-8/h2-6H,7H2,1H3. The van der Waals surface area contributed by atoms with E-state index < -0.39 is 0 Å². The monoisotopic (exact) mass is 331 g/mol. The van der Waals surface area contributed by atoms with Crippen molar-refractivity contribution in [1.82, 2.24) is 5.16 Å². The van der Waals surface area contributed by atoms with Crippen LogP contribution in [0.25, 0.3) is 11.3 Å². The van der Waals surface area contributed by atoms with Crippen molar-refractivity contribution in [2.24, 2.45) is 0 Å². The number of benzene rings is 1. The first-order valence-corrected chi connectivity index (χ1v) is 5.72. The SMILES string of the molecule is COCOc1cc(-c2ccc(I)cc2)on1. The van der Waals surface area contributed by atoms with E-state index in [9.17, 15) is 0 Å². The minimum Gasteiger partial charge on any atom is -0.448 e. The van der Waals surface area contributed by atoms with Gasteiger partial charge in [0.25, 0.3) is 5.88 Å². The lowest BCUT2D eigenvalue weighted by atomic mass is 10.2. The maximum Gasteiger partial charge on any atom is 0.256 e. The van der Waals surface area contributed by atoms with E-state index in [0.29, 0.717) is 11.6 Å². The van der Waals surface area contributed by atoms with Crippen LogP contribution < -0.4 is 4.74 Å². The van der Waals surface area contributed by atoms with Gasteiger partial charge in [-0.1, -0.05) is 12.1 Å². The minimum atomic E-state index is 0.165. The average molecular weight is 331 g/mol. The van der Waals surface area contributed by atoms with Crippen molar-refractivity contribution >= 4 is 22.6 Å². The summed E-state index contributed by atoms with van der Waals surface area (Å²) in [5.41, 5.74) is 0.972. The Morgan fingerprint density at radius 3 is 2.75 bits per heavy atom. The van der Waals surface area contributed by atoms with Gasteiger partial charge < -0.3 is 14.0 Å². The van der Waals surface area contributed by atoms with Crippen molar-refractivity contribution in [3.63, 3.8) is 0 Å². The highest BCUT2D eigenvalue weighted by atomic mass is 127. The van der Waals surface area contributed by atoms with E-state index in [1.54, 1.807) is 13.2 Å². The number of hydrogen-bond acceptors (Lipinski definition) is 4. The molecule has 1 aromatic carbocycles. The Labute approximate surface area is 107 Å².